The Morgan fingerprint density at radius 2 is 2.00 bits per heavy atom. The number of ether oxygens (including phenoxy) is 1. The molecule has 9 heteroatoms. The lowest BCUT2D eigenvalue weighted by Gasteiger charge is -2.37. The summed E-state index contributed by atoms with van der Waals surface area (Å²) in [5.41, 5.74) is 0.981. The summed E-state index contributed by atoms with van der Waals surface area (Å²) in [6.07, 6.45) is 3.65. The average molecular weight is 482 g/mol. The minimum Gasteiger partial charge on any atom is -0.504 e. The molecule has 3 heterocycles. The van der Waals surface area contributed by atoms with Crippen LogP contribution in [0.25, 0.3) is 5.52 Å². The minimum absolute atomic E-state index is 0.00336. The Bertz CT molecular complexity index is 1000. The number of hydrogen-bond donors (Lipinski definition) is 1. The maximum Gasteiger partial charge on any atom is 0.192 e. The molecule has 0 radical (unpaired) electrons. The van der Waals surface area contributed by atoms with Crippen LogP contribution in [0.15, 0.2) is 41.3 Å². The zero-order valence-electron chi connectivity index (χ0n) is 17.1. The van der Waals surface area contributed by atoms with Gasteiger partial charge in [0.05, 0.1) is 24.7 Å². The molecule has 0 amide bonds. The summed E-state index contributed by atoms with van der Waals surface area (Å²) in [6.45, 7) is 11.0. The van der Waals surface area contributed by atoms with Gasteiger partial charge in [-0.05, 0) is 52.3 Å². The summed E-state index contributed by atoms with van der Waals surface area (Å²) in [7, 11) is -2.05. The molecular formula is C20H25BrFN3O3Si. The van der Waals surface area contributed by atoms with Crippen molar-refractivity contribution in [1.82, 2.24) is 14.6 Å². The first-order valence-corrected chi connectivity index (χ1v) is 13.0. The van der Waals surface area contributed by atoms with Crippen LogP contribution < -0.4 is 4.74 Å². The van der Waals surface area contributed by atoms with E-state index in [2.05, 4.69) is 59.9 Å². The fraction of sp³-hybridized carbons (Fsp3) is 0.400. The molecule has 0 fully saturated rings. The van der Waals surface area contributed by atoms with Crippen LogP contribution in [0.3, 0.4) is 0 Å². The number of hydrogen-bond acceptors (Lipinski definition) is 5. The predicted molar refractivity (Wildman–Crippen MR) is 115 cm³/mol. The number of fused-ring (bicyclic) bond motifs is 1. The van der Waals surface area contributed by atoms with Gasteiger partial charge < -0.3 is 14.3 Å². The van der Waals surface area contributed by atoms with Crippen molar-refractivity contribution >= 4 is 29.8 Å². The summed E-state index contributed by atoms with van der Waals surface area (Å²) in [5.74, 6) is 0.00376. The van der Waals surface area contributed by atoms with Gasteiger partial charge in [0.15, 0.2) is 25.9 Å². The molecule has 1 atom stereocenters. The van der Waals surface area contributed by atoms with Gasteiger partial charge in [-0.15, -0.1) is 0 Å². The van der Waals surface area contributed by atoms with E-state index in [1.54, 1.807) is 18.3 Å². The van der Waals surface area contributed by atoms with Gasteiger partial charge in [-0.25, -0.2) is 8.91 Å². The molecule has 0 aromatic carbocycles. The molecule has 0 aliphatic carbocycles. The molecule has 0 aliphatic heterocycles. The SMILES string of the molecule is CC(C)(C)[Si](C)(C)OCC(Oc1cc(Br)cn2ncc(O)c12)c1ccc(F)cn1. The Labute approximate surface area is 178 Å². The molecule has 3 aromatic rings. The van der Waals surface area contributed by atoms with Crippen molar-refractivity contribution in [2.75, 3.05) is 6.61 Å². The first-order chi connectivity index (χ1) is 13.5. The van der Waals surface area contributed by atoms with Gasteiger partial charge in [-0.2, -0.15) is 5.10 Å². The fourth-order valence-corrected chi connectivity index (χ4v) is 3.94. The summed E-state index contributed by atoms with van der Waals surface area (Å²) >= 11 is 3.43. The Kier molecular flexibility index (Phi) is 6.02. The third-order valence-electron chi connectivity index (χ3n) is 5.28. The molecule has 0 saturated heterocycles. The molecule has 1 N–H and O–H groups in total. The zero-order valence-corrected chi connectivity index (χ0v) is 19.7. The normalized spacial score (nSPS) is 13.6. The van der Waals surface area contributed by atoms with Crippen molar-refractivity contribution in [2.45, 2.75) is 45.0 Å². The van der Waals surface area contributed by atoms with Gasteiger partial charge in [0, 0.05) is 10.7 Å². The number of aromatic nitrogens is 3. The van der Waals surface area contributed by atoms with Gasteiger partial charge in [-0.1, -0.05) is 20.8 Å². The lowest BCUT2D eigenvalue weighted by atomic mass is 10.2. The van der Waals surface area contributed by atoms with Crippen LogP contribution in [0.2, 0.25) is 18.1 Å². The Balaban J connectivity index is 1.96. The molecule has 0 saturated carbocycles. The molecule has 0 aliphatic rings. The molecule has 3 rings (SSSR count). The van der Waals surface area contributed by atoms with E-state index >= 15 is 0 Å². The van der Waals surface area contributed by atoms with Gasteiger partial charge >= 0.3 is 0 Å². The van der Waals surface area contributed by atoms with Crippen LogP contribution in [0.4, 0.5) is 4.39 Å². The van der Waals surface area contributed by atoms with Crippen LogP contribution in [-0.2, 0) is 4.43 Å². The quantitative estimate of drug-likeness (QED) is 0.472. The fourth-order valence-electron chi connectivity index (χ4n) is 2.54. The third-order valence-corrected chi connectivity index (χ3v) is 10.2. The largest absolute Gasteiger partial charge is 0.504 e. The maximum atomic E-state index is 13.4. The van der Waals surface area contributed by atoms with Crippen molar-refractivity contribution in [3.05, 3.63) is 52.8 Å². The molecule has 0 spiro atoms. The number of aromatic hydroxyl groups is 1. The minimum atomic E-state index is -2.05. The molecule has 1 unspecified atom stereocenters. The van der Waals surface area contributed by atoms with E-state index in [4.69, 9.17) is 9.16 Å². The molecule has 6 nitrogen and oxygen atoms in total. The van der Waals surface area contributed by atoms with Crippen molar-refractivity contribution < 1.29 is 18.7 Å². The smallest absolute Gasteiger partial charge is 0.192 e. The van der Waals surface area contributed by atoms with Crippen LogP contribution in [0.5, 0.6) is 11.5 Å². The van der Waals surface area contributed by atoms with E-state index in [0.29, 0.717) is 17.0 Å². The topological polar surface area (TPSA) is 68.9 Å². The first kappa shape index (κ1) is 21.7. The summed E-state index contributed by atoms with van der Waals surface area (Å²) in [4.78, 5) is 4.19. The van der Waals surface area contributed by atoms with Crippen LogP contribution in [0.1, 0.15) is 32.6 Å². The van der Waals surface area contributed by atoms with E-state index in [1.165, 1.54) is 16.8 Å². The van der Waals surface area contributed by atoms with E-state index in [-0.39, 0.29) is 17.4 Å². The standard InChI is InChI=1S/C20H25BrFN3O3Si/c1-20(2,3)29(4,5)27-12-18(15-7-6-14(22)9-23-15)28-17-8-13(21)11-25-19(17)16(26)10-24-25/h6-11,18,26H,12H2,1-5H3. The van der Waals surface area contributed by atoms with Crippen molar-refractivity contribution in [3.8, 4) is 11.5 Å². The Hall–Kier alpha value is -1.97. The highest BCUT2D eigenvalue weighted by molar-refractivity contribution is 9.10. The Morgan fingerprint density at radius 1 is 1.28 bits per heavy atom. The van der Waals surface area contributed by atoms with Crippen LogP contribution >= 0.6 is 15.9 Å². The van der Waals surface area contributed by atoms with Crippen molar-refractivity contribution in [2.24, 2.45) is 0 Å². The maximum absolute atomic E-state index is 13.4. The highest BCUT2D eigenvalue weighted by Gasteiger charge is 2.38. The van der Waals surface area contributed by atoms with Crippen molar-refractivity contribution in [3.63, 3.8) is 0 Å². The number of nitrogens with zero attached hydrogens (tertiary/aromatic N) is 3. The van der Waals surface area contributed by atoms with Crippen molar-refractivity contribution in [1.29, 1.82) is 0 Å². The number of pyridine rings is 2. The molecular weight excluding hydrogens is 457 g/mol. The van der Waals surface area contributed by atoms with Gasteiger partial charge in [0.25, 0.3) is 0 Å². The van der Waals surface area contributed by atoms with E-state index in [9.17, 15) is 9.50 Å². The van der Waals surface area contributed by atoms with Crippen LogP contribution in [0, 0.1) is 5.82 Å². The molecule has 156 valence electrons. The third kappa shape index (κ3) is 4.79. The Morgan fingerprint density at radius 3 is 2.62 bits per heavy atom. The van der Waals surface area contributed by atoms with Gasteiger partial charge in [-0.3, -0.25) is 4.98 Å². The second-order valence-corrected chi connectivity index (χ2v) is 14.1. The summed E-state index contributed by atoms with van der Waals surface area (Å²) in [5, 5.41) is 14.3. The second-order valence-electron chi connectivity index (χ2n) is 8.42. The molecule has 29 heavy (non-hydrogen) atoms. The van der Waals surface area contributed by atoms with E-state index in [0.717, 1.165) is 10.7 Å². The first-order valence-electron chi connectivity index (χ1n) is 9.26. The monoisotopic (exact) mass is 481 g/mol. The molecule has 3 aromatic heterocycles. The van der Waals surface area contributed by atoms with E-state index < -0.39 is 20.2 Å². The van der Waals surface area contributed by atoms with Crippen LogP contribution in [-0.4, -0.2) is 34.6 Å². The number of halogens is 2. The average Bonchev–Trinajstić information content (AvgIpc) is 2.99. The zero-order chi connectivity index (χ0) is 21.4. The predicted octanol–water partition coefficient (Wildman–Crippen LogP) is 5.48. The lowest BCUT2D eigenvalue weighted by Crippen LogP contribution is -2.42. The van der Waals surface area contributed by atoms with E-state index in [1.807, 2.05) is 0 Å². The number of rotatable bonds is 6. The highest BCUT2D eigenvalue weighted by atomic mass is 79.9. The highest BCUT2D eigenvalue weighted by Crippen LogP contribution is 2.38. The van der Waals surface area contributed by atoms with Gasteiger partial charge in [0.2, 0.25) is 0 Å². The lowest BCUT2D eigenvalue weighted by molar-refractivity contribution is 0.118. The molecule has 0 bridgehead atoms. The summed E-state index contributed by atoms with van der Waals surface area (Å²) < 4.78 is 28.3. The summed E-state index contributed by atoms with van der Waals surface area (Å²) in [6, 6.07) is 4.68. The van der Waals surface area contributed by atoms with Gasteiger partial charge in [0.1, 0.15) is 11.3 Å². The second kappa shape index (κ2) is 8.04.